The van der Waals surface area contributed by atoms with Crippen LogP contribution in [0.2, 0.25) is 0 Å². The molecule has 0 aromatic carbocycles. The fraction of sp³-hybridized carbons (Fsp3) is 0.231. The Labute approximate surface area is 110 Å². The maximum atomic E-state index is 11.8. The fourth-order valence-corrected chi connectivity index (χ4v) is 1.64. The third-order valence-electron chi connectivity index (χ3n) is 2.60. The summed E-state index contributed by atoms with van der Waals surface area (Å²) >= 11 is 0. The van der Waals surface area contributed by atoms with Gasteiger partial charge in [0.05, 0.1) is 5.56 Å². The molecule has 0 unspecified atom stereocenters. The molecule has 6 nitrogen and oxygen atoms in total. The minimum absolute atomic E-state index is 0.0981. The molecule has 2 rings (SSSR count). The number of rotatable bonds is 3. The highest BCUT2D eigenvalue weighted by molar-refractivity contribution is 5.97. The summed E-state index contributed by atoms with van der Waals surface area (Å²) in [6, 6.07) is 4.97. The Bertz CT molecular complexity index is 631. The van der Waals surface area contributed by atoms with E-state index < -0.39 is 0 Å². The van der Waals surface area contributed by atoms with Crippen LogP contribution >= 0.6 is 0 Å². The second kappa shape index (κ2) is 5.01. The lowest BCUT2D eigenvalue weighted by atomic mass is 10.2. The van der Waals surface area contributed by atoms with Crippen molar-refractivity contribution in [1.29, 1.82) is 0 Å². The van der Waals surface area contributed by atoms with E-state index in [-0.39, 0.29) is 11.7 Å². The van der Waals surface area contributed by atoms with E-state index in [9.17, 15) is 9.59 Å². The molecule has 1 amide bonds. The summed E-state index contributed by atoms with van der Waals surface area (Å²) in [5.41, 5.74) is 0.777. The first kappa shape index (κ1) is 12.9. The average molecular weight is 258 g/mol. The van der Waals surface area contributed by atoms with Crippen molar-refractivity contribution in [2.45, 2.75) is 6.92 Å². The summed E-state index contributed by atoms with van der Waals surface area (Å²) in [5, 5.41) is 4.16. The van der Waals surface area contributed by atoms with E-state index in [1.165, 1.54) is 16.5 Å². The third-order valence-corrected chi connectivity index (χ3v) is 2.60. The molecule has 6 heteroatoms. The van der Waals surface area contributed by atoms with Gasteiger partial charge in [-0.1, -0.05) is 0 Å². The molecule has 0 bridgehead atoms. The van der Waals surface area contributed by atoms with Crippen LogP contribution in [0.15, 0.2) is 30.6 Å². The van der Waals surface area contributed by atoms with Crippen LogP contribution < -0.4 is 0 Å². The lowest BCUT2D eigenvalue weighted by Gasteiger charge is -2.07. The standard InChI is InChI=1S/C13H14N4O2/c1-9(18)10-5-4-7-14-12(10)17-8-6-11(15-17)13(19)16(2)3/h4-8H,1-3H3. The first-order valence-electron chi connectivity index (χ1n) is 5.74. The highest BCUT2D eigenvalue weighted by Gasteiger charge is 2.15. The highest BCUT2D eigenvalue weighted by Crippen LogP contribution is 2.12. The summed E-state index contributed by atoms with van der Waals surface area (Å²) in [5.74, 6) is 0.131. The van der Waals surface area contributed by atoms with Crippen LogP contribution in [0.4, 0.5) is 0 Å². The molecule has 19 heavy (non-hydrogen) atoms. The van der Waals surface area contributed by atoms with E-state index in [1.807, 2.05) is 0 Å². The smallest absolute Gasteiger partial charge is 0.273 e. The van der Waals surface area contributed by atoms with E-state index in [2.05, 4.69) is 10.1 Å². The summed E-state index contributed by atoms with van der Waals surface area (Å²) < 4.78 is 1.44. The summed E-state index contributed by atoms with van der Waals surface area (Å²) in [6.45, 7) is 1.47. The van der Waals surface area contributed by atoms with Crippen molar-refractivity contribution < 1.29 is 9.59 Å². The molecule has 0 N–H and O–H groups in total. The lowest BCUT2D eigenvalue weighted by Crippen LogP contribution is -2.22. The molecule has 0 aliphatic heterocycles. The van der Waals surface area contributed by atoms with E-state index >= 15 is 0 Å². The number of hydrogen-bond donors (Lipinski definition) is 0. The zero-order valence-electron chi connectivity index (χ0n) is 11.0. The molecule has 0 spiro atoms. The highest BCUT2D eigenvalue weighted by atomic mass is 16.2. The third kappa shape index (κ3) is 2.52. The number of ketones is 1. The van der Waals surface area contributed by atoms with Crippen LogP contribution in [0.5, 0.6) is 0 Å². The molecule has 0 saturated carbocycles. The quantitative estimate of drug-likeness (QED) is 0.775. The van der Waals surface area contributed by atoms with Gasteiger partial charge in [0.2, 0.25) is 0 Å². The molecule has 0 saturated heterocycles. The fourth-order valence-electron chi connectivity index (χ4n) is 1.64. The van der Waals surface area contributed by atoms with Gasteiger partial charge < -0.3 is 4.90 Å². The van der Waals surface area contributed by atoms with E-state index in [1.54, 1.807) is 44.7 Å². The Morgan fingerprint density at radius 3 is 2.63 bits per heavy atom. The van der Waals surface area contributed by atoms with Crippen molar-refractivity contribution in [3.63, 3.8) is 0 Å². The normalized spacial score (nSPS) is 10.3. The van der Waals surface area contributed by atoms with Gasteiger partial charge in [-0.05, 0) is 25.1 Å². The minimum Gasteiger partial charge on any atom is -0.343 e. The summed E-state index contributed by atoms with van der Waals surface area (Å²) in [4.78, 5) is 28.9. The lowest BCUT2D eigenvalue weighted by molar-refractivity contribution is 0.0821. The molecule has 2 aromatic rings. The van der Waals surface area contributed by atoms with Crippen LogP contribution in [0.25, 0.3) is 5.82 Å². The minimum atomic E-state index is -0.195. The van der Waals surface area contributed by atoms with E-state index in [4.69, 9.17) is 0 Å². The molecular formula is C13H14N4O2. The zero-order valence-corrected chi connectivity index (χ0v) is 11.0. The van der Waals surface area contributed by atoms with E-state index in [0.29, 0.717) is 17.1 Å². The number of Topliss-reactive ketones (excluding diaryl/α,β-unsaturated/α-hetero) is 1. The van der Waals surface area contributed by atoms with E-state index in [0.717, 1.165) is 0 Å². The number of carbonyl (C=O) groups excluding carboxylic acids is 2. The predicted molar refractivity (Wildman–Crippen MR) is 69.4 cm³/mol. The average Bonchev–Trinajstić information content (AvgIpc) is 2.87. The van der Waals surface area contributed by atoms with Crippen molar-refractivity contribution >= 4 is 11.7 Å². The molecule has 0 fully saturated rings. The number of carbonyl (C=O) groups is 2. The zero-order chi connectivity index (χ0) is 14.0. The van der Waals surface area contributed by atoms with Gasteiger partial charge in [0, 0.05) is 26.5 Å². The van der Waals surface area contributed by atoms with Gasteiger partial charge in [0.15, 0.2) is 17.3 Å². The first-order valence-corrected chi connectivity index (χ1v) is 5.74. The number of amides is 1. The molecule has 0 radical (unpaired) electrons. The van der Waals surface area contributed by atoms with Crippen molar-refractivity contribution in [3.8, 4) is 5.82 Å². The molecule has 2 aromatic heterocycles. The van der Waals surface area contributed by atoms with Crippen LogP contribution in [0.3, 0.4) is 0 Å². The first-order chi connectivity index (χ1) is 9.00. The summed E-state index contributed by atoms with van der Waals surface area (Å²) in [6.07, 6.45) is 3.20. The molecular weight excluding hydrogens is 244 g/mol. The van der Waals surface area contributed by atoms with Crippen LogP contribution in [0.1, 0.15) is 27.8 Å². The Balaban J connectivity index is 2.44. The Hall–Kier alpha value is -2.50. The van der Waals surface area contributed by atoms with Gasteiger partial charge >= 0.3 is 0 Å². The van der Waals surface area contributed by atoms with Crippen molar-refractivity contribution in [2.24, 2.45) is 0 Å². The SMILES string of the molecule is CC(=O)c1cccnc1-n1ccc(C(=O)N(C)C)n1. The van der Waals surface area contributed by atoms with Gasteiger partial charge in [-0.2, -0.15) is 5.10 Å². The molecule has 0 aliphatic rings. The Kier molecular flexibility index (Phi) is 3.41. The van der Waals surface area contributed by atoms with Gasteiger partial charge in [-0.15, -0.1) is 0 Å². The van der Waals surface area contributed by atoms with Crippen LogP contribution in [-0.4, -0.2) is 45.5 Å². The topological polar surface area (TPSA) is 68.1 Å². The monoisotopic (exact) mass is 258 g/mol. The Morgan fingerprint density at radius 1 is 1.26 bits per heavy atom. The van der Waals surface area contributed by atoms with Gasteiger partial charge in [-0.25, -0.2) is 9.67 Å². The molecule has 2 heterocycles. The van der Waals surface area contributed by atoms with Gasteiger partial charge in [0.1, 0.15) is 0 Å². The number of nitrogens with zero attached hydrogens (tertiary/aromatic N) is 4. The molecule has 0 aliphatic carbocycles. The van der Waals surface area contributed by atoms with Gasteiger partial charge in [-0.3, -0.25) is 9.59 Å². The largest absolute Gasteiger partial charge is 0.343 e. The maximum absolute atomic E-state index is 11.8. The second-order valence-electron chi connectivity index (χ2n) is 4.28. The number of hydrogen-bond acceptors (Lipinski definition) is 4. The molecule has 0 atom stereocenters. The van der Waals surface area contributed by atoms with Gasteiger partial charge in [0.25, 0.3) is 5.91 Å². The van der Waals surface area contributed by atoms with Crippen LogP contribution in [0, 0.1) is 0 Å². The predicted octanol–water partition coefficient (Wildman–Crippen LogP) is 1.17. The van der Waals surface area contributed by atoms with Crippen molar-refractivity contribution in [2.75, 3.05) is 14.1 Å². The second-order valence-corrected chi connectivity index (χ2v) is 4.28. The van der Waals surface area contributed by atoms with Crippen molar-refractivity contribution in [3.05, 3.63) is 41.9 Å². The molecule has 98 valence electrons. The van der Waals surface area contributed by atoms with Crippen LogP contribution in [-0.2, 0) is 0 Å². The Morgan fingerprint density at radius 2 is 2.00 bits per heavy atom. The number of aromatic nitrogens is 3. The summed E-state index contributed by atoms with van der Waals surface area (Å²) in [7, 11) is 3.31. The number of pyridine rings is 1. The van der Waals surface area contributed by atoms with Crippen molar-refractivity contribution in [1.82, 2.24) is 19.7 Å². The maximum Gasteiger partial charge on any atom is 0.273 e.